The van der Waals surface area contributed by atoms with Gasteiger partial charge in [0.1, 0.15) is 11.8 Å². The molecular formula is C23H22N2O3. The first-order valence-electron chi connectivity index (χ1n) is 8.95. The molecule has 0 spiro atoms. The number of benzene rings is 3. The molecule has 0 bridgehead atoms. The van der Waals surface area contributed by atoms with Crippen LogP contribution in [0.2, 0.25) is 0 Å². The Bertz CT molecular complexity index is 953. The van der Waals surface area contributed by atoms with Gasteiger partial charge >= 0.3 is 0 Å². The normalized spacial score (nSPS) is 11.5. The summed E-state index contributed by atoms with van der Waals surface area (Å²) >= 11 is 0. The summed E-state index contributed by atoms with van der Waals surface area (Å²) < 4.78 is 5.25. The molecule has 0 unspecified atom stereocenters. The zero-order chi connectivity index (χ0) is 19.9. The second-order valence-electron chi connectivity index (χ2n) is 6.43. The average molecular weight is 374 g/mol. The molecule has 142 valence electrons. The number of methoxy groups -OCH3 is 1. The number of primary amides is 1. The van der Waals surface area contributed by atoms with Crippen molar-refractivity contribution in [2.75, 3.05) is 7.11 Å². The van der Waals surface area contributed by atoms with Crippen molar-refractivity contribution < 1.29 is 14.3 Å². The van der Waals surface area contributed by atoms with E-state index in [2.05, 4.69) is 5.32 Å². The maximum atomic E-state index is 12.6. The largest absolute Gasteiger partial charge is 0.497 e. The van der Waals surface area contributed by atoms with Gasteiger partial charge in [-0.15, -0.1) is 0 Å². The van der Waals surface area contributed by atoms with Crippen LogP contribution < -0.4 is 15.8 Å². The van der Waals surface area contributed by atoms with E-state index in [4.69, 9.17) is 10.5 Å². The Morgan fingerprint density at radius 2 is 1.64 bits per heavy atom. The van der Waals surface area contributed by atoms with Gasteiger partial charge < -0.3 is 15.8 Å². The first-order chi connectivity index (χ1) is 13.6. The van der Waals surface area contributed by atoms with Crippen molar-refractivity contribution in [2.24, 2.45) is 5.73 Å². The summed E-state index contributed by atoms with van der Waals surface area (Å²) in [5, 5.41) is 2.73. The number of nitrogens with one attached hydrogen (secondary N) is 1. The van der Waals surface area contributed by atoms with E-state index in [-0.39, 0.29) is 5.91 Å². The summed E-state index contributed by atoms with van der Waals surface area (Å²) in [6, 6.07) is 23.5. The minimum absolute atomic E-state index is 0.336. The molecule has 0 aliphatic heterocycles. The highest BCUT2D eigenvalue weighted by atomic mass is 16.5. The number of carbonyl (C=O) groups is 2. The maximum absolute atomic E-state index is 12.6. The monoisotopic (exact) mass is 374 g/mol. The van der Waals surface area contributed by atoms with Gasteiger partial charge in [0.15, 0.2) is 0 Å². The molecule has 0 aliphatic rings. The van der Waals surface area contributed by atoms with Crippen LogP contribution in [0.4, 0.5) is 0 Å². The van der Waals surface area contributed by atoms with Gasteiger partial charge in [-0.1, -0.05) is 54.6 Å². The molecule has 1 atom stereocenters. The van der Waals surface area contributed by atoms with Crippen LogP contribution in [0.3, 0.4) is 0 Å². The minimum Gasteiger partial charge on any atom is -0.497 e. The minimum atomic E-state index is -0.770. The van der Waals surface area contributed by atoms with E-state index < -0.39 is 11.9 Å². The predicted molar refractivity (Wildman–Crippen MR) is 109 cm³/mol. The first-order valence-corrected chi connectivity index (χ1v) is 8.95. The molecule has 3 aromatic carbocycles. The van der Waals surface area contributed by atoms with Gasteiger partial charge in [-0.05, 0) is 41.0 Å². The molecule has 0 saturated carbocycles. The van der Waals surface area contributed by atoms with Gasteiger partial charge in [0.2, 0.25) is 5.91 Å². The van der Waals surface area contributed by atoms with Gasteiger partial charge in [-0.25, -0.2) is 0 Å². The quantitative estimate of drug-likeness (QED) is 0.666. The van der Waals surface area contributed by atoms with Crippen molar-refractivity contribution in [1.29, 1.82) is 0 Å². The van der Waals surface area contributed by atoms with E-state index >= 15 is 0 Å². The standard InChI is InChI=1S/C23H22N2O3/c1-28-20-9-5-8-19(15-20)17-10-12-18(13-11-17)23(27)25-21(22(24)26)14-16-6-3-2-4-7-16/h2-13,15,21H,14H2,1H3,(H2,24,26)(H,25,27)/t21-/m0/s1. The highest BCUT2D eigenvalue weighted by Crippen LogP contribution is 2.24. The topological polar surface area (TPSA) is 81.4 Å². The van der Waals surface area contributed by atoms with Gasteiger partial charge in [-0.2, -0.15) is 0 Å². The second-order valence-corrected chi connectivity index (χ2v) is 6.43. The van der Waals surface area contributed by atoms with E-state index in [1.54, 1.807) is 19.2 Å². The molecule has 0 saturated heterocycles. The third-order valence-electron chi connectivity index (χ3n) is 4.48. The first kappa shape index (κ1) is 19.2. The summed E-state index contributed by atoms with van der Waals surface area (Å²) in [5.41, 5.74) is 8.82. The molecule has 3 rings (SSSR count). The predicted octanol–water partition coefficient (Wildman–Crippen LogP) is 3.19. The lowest BCUT2D eigenvalue weighted by Crippen LogP contribution is -2.45. The number of hydrogen-bond acceptors (Lipinski definition) is 3. The number of amides is 2. The Labute approximate surface area is 164 Å². The fourth-order valence-corrected chi connectivity index (χ4v) is 2.93. The lowest BCUT2D eigenvalue weighted by molar-refractivity contribution is -0.119. The zero-order valence-corrected chi connectivity index (χ0v) is 15.6. The van der Waals surface area contributed by atoms with E-state index in [9.17, 15) is 9.59 Å². The Hall–Kier alpha value is -3.60. The van der Waals surface area contributed by atoms with Crippen molar-refractivity contribution in [3.8, 4) is 16.9 Å². The maximum Gasteiger partial charge on any atom is 0.251 e. The average Bonchev–Trinajstić information content (AvgIpc) is 2.74. The summed E-state index contributed by atoms with van der Waals surface area (Å²) in [5.74, 6) is -0.133. The van der Waals surface area contributed by atoms with Crippen LogP contribution >= 0.6 is 0 Å². The van der Waals surface area contributed by atoms with Gasteiger partial charge in [-0.3, -0.25) is 9.59 Å². The van der Waals surface area contributed by atoms with E-state index in [0.717, 1.165) is 22.4 Å². The molecule has 3 N–H and O–H groups in total. The Balaban J connectivity index is 1.71. The van der Waals surface area contributed by atoms with Crippen molar-refractivity contribution in [3.63, 3.8) is 0 Å². The Kier molecular flexibility index (Phi) is 6.07. The molecular weight excluding hydrogens is 352 g/mol. The molecule has 0 fully saturated rings. The van der Waals surface area contributed by atoms with Crippen LogP contribution in [0.25, 0.3) is 11.1 Å². The SMILES string of the molecule is COc1cccc(-c2ccc(C(=O)N[C@@H](Cc3ccccc3)C(N)=O)cc2)c1. The molecule has 2 amide bonds. The van der Waals surface area contributed by atoms with Crippen LogP contribution in [0.15, 0.2) is 78.9 Å². The van der Waals surface area contributed by atoms with E-state index in [1.165, 1.54) is 0 Å². The molecule has 3 aromatic rings. The van der Waals surface area contributed by atoms with Crippen molar-refractivity contribution in [3.05, 3.63) is 90.0 Å². The lowest BCUT2D eigenvalue weighted by Gasteiger charge is -2.16. The third kappa shape index (κ3) is 4.76. The van der Waals surface area contributed by atoms with Gasteiger partial charge in [0.25, 0.3) is 5.91 Å². The van der Waals surface area contributed by atoms with Crippen LogP contribution in [-0.2, 0) is 11.2 Å². The lowest BCUT2D eigenvalue weighted by atomic mass is 10.0. The van der Waals surface area contributed by atoms with Crippen LogP contribution in [0.5, 0.6) is 5.75 Å². The third-order valence-corrected chi connectivity index (χ3v) is 4.48. The summed E-state index contributed by atoms with van der Waals surface area (Å²) in [4.78, 5) is 24.3. The van der Waals surface area contributed by atoms with E-state index in [1.807, 2.05) is 66.7 Å². The van der Waals surface area contributed by atoms with E-state index in [0.29, 0.717) is 12.0 Å². The second kappa shape index (κ2) is 8.86. The summed E-state index contributed by atoms with van der Waals surface area (Å²) in [7, 11) is 1.62. The fraction of sp³-hybridized carbons (Fsp3) is 0.130. The number of hydrogen-bond donors (Lipinski definition) is 2. The molecule has 5 heteroatoms. The molecule has 28 heavy (non-hydrogen) atoms. The number of rotatable bonds is 7. The zero-order valence-electron chi connectivity index (χ0n) is 15.6. The number of nitrogens with two attached hydrogens (primary N) is 1. The molecule has 0 aromatic heterocycles. The highest BCUT2D eigenvalue weighted by Gasteiger charge is 2.19. The summed E-state index contributed by atoms with van der Waals surface area (Å²) in [6.45, 7) is 0. The van der Waals surface area contributed by atoms with Crippen LogP contribution in [0, 0.1) is 0 Å². The number of ether oxygens (including phenoxy) is 1. The molecule has 0 heterocycles. The van der Waals surface area contributed by atoms with Crippen molar-refractivity contribution in [2.45, 2.75) is 12.5 Å². The van der Waals surface area contributed by atoms with Crippen molar-refractivity contribution >= 4 is 11.8 Å². The molecule has 5 nitrogen and oxygen atoms in total. The van der Waals surface area contributed by atoms with Crippen LogP contribution in [0.1, 0.15) is 15.9 Å². The van der Waals surface area contributed by atoms with Crippen molar-refractivity contribution in [1.82, 2.24) is 5.32 Å². The summed E-state index contributed by atoms with van der Waals surface area (Å²) in [6.07, 6.45) is 0.351. The molecule has 0 radical (unpaired) electrons. The van der Waals surface area contributed by atoms with Crippen LogP contribution in [-0.4, -0.2) is 25.0 Å². The van der Waals surface area contributed by atoms with Gasteiger partial charge in [0, 0.05) is 12.0 Å². The highest BCUT2D eigenvalue weighted by molar-refractivity contribution is 5.97. The Morgan fingerprint density at radius 1 is 0.929 bits per heavy atom. The fourth-order valence-electron chi connectivity index (χ4n) is 2.93. The number of carbonyl (C=O) groups excluding carboxylic acids is 2. The smallest absolute Gasteiger partial charge is 0.251 e. The Morgan fingerprint density at radius 3 is 2.29 bits per heavy atom. The van der Waals surface area contributed by atoms with Gasteiger partial charge in [0.05, 0.1) is 7.11 Å². The molecule has 0 aliphatic carbocycles.